The van der Waals surface area contributed by atoms with Gasteiger partial charge in [-0.1, -0.05) is 6.92 Å². The van der Waals surface area contributed by atoms with Crippen LogP contribution in [0.4, 0.5) is 22.0 Å². The molecule has 1 N–H and O–H groups in total. The Kier molecular flexibility index (Phi) is 5.11. The summed E-state index contributed by atoms with van der Waals surface area (Å²) in [6.45, 7) is 1.72. The third kappa shape index (κ3) is 4.34. The largest absolute Gasteiger partial charge is 0.497 e. The Balaban J connectivity index is 3.15. The van der Waals surface area contributed by atoms with Crippen molar-refractivity contribution in [3.63, 3.8) is 0 Å². The number of rotatable bonds is 5. The van der Waals surface area contributed by atoms with Crippen LogP contribution in [-0.4, -0.2) is 19.8 Å². The fourth-order valence-corrected chi connectivity index (χ4v) is 1.77. The van der Waals surface area contributed by atoms with Crippen LogP contribution >= 0.6 is 0 Å². The molecule has 0 saturated carbocycles. The van der Waals surface area contributed by atoms with Crippen molar-refractivity contribution in [2.45, 2.75) is 25.6 Å². The van der Waals surface area contributed by atoms with E-state index in [0.717, 1.165) is 12.1 Å². The molecule has 0 aliphatic heterocycles. The standard InChI is InChI=1S/C12H14F5NO/c1-3-18-10(6-12(15,16)17)11-8(13)4-7(19-2)5-9(11)14/h4-5,10,18H,3,6H2,1-2H3. The number of ether oxygens (including phenoxy) is 1. The molecular formula is C12H14F5NO. The molecule has 0 spiro atoms. The maximum absolute atomic E-state index is 13.7. The second-order valence-corrected chi connectivity index (χ2v) is 3.93. The molecule has 0 fully saturated rings. The van der Waals surface area contributed by atoms with Crippen LogP contribution in [0.2, 0.25) is 0 Å². The molecule has 7 heteroatoms. The molecule has 0 saturated heterocycles. The summed E-state index contributed by atoms with van der Waals surface area (Å²) >= 11 is 0. The Morgan fingerprint density at radius 2 is 1.74 bits per heavy atom. The highest BCUT2D eigenvalue weighted by atomic mass is 19.4. The van der Waals surface area contributed by atoms with Crippen molar-refractivity contribution in [2.75, 3.05) is 13.7 Å². The third-order valence-electron chi connectivity index (χ3n) is 2.52. The van der Waals surface area contributed by atoms with E-state index < -0.39 is 35.8 Å². The van der Waals surface area contributed by atoms with Crippen molar-refractivity contribution < 1.29 is 26.7 Å². The van der Waals surface area contributed by atoms with Gasteiger partial charge in [0.2, 0.25) is 0 Å². The molecule has 1 aromatic rings. The fraction of sp³-hybridized carbons (Fsp3) is 0.500. The first-order valence-electron chi connectivity index (χ1n) is 5.61. The molecule has 0 amide bonds. The smallest absolute Gasteiger partial charge is 0.390 e. The van der Waals surface area contributed by atoms with Crippen LogP contribution in [0.1, 0.15) is 24.9 Å². The van der Waals surface area contributed by atoms with Crippen molar-refractivity contribution in [3.05, 3.63) is 29.3 Å². The summed E-state index contributed by atoms with van der Waals surface area (Å²) in [5, 5.41) is 2.43. The second-order valence-electron chi connectivity index (χ2n) is 3.93. The van der Waals surface area contributed by atoms with Gasteiger partial charge in [0, 0.05) is 23.7 Å². The molecule has 1 unspecified atom stereocenters. The Bertz CT molecular complexity index is 410. The Hall–Kier alpha value is -1.37. The van der Waals surface area contributed by atoms with Gasteiger partial charge in [-0.05, 0) is 6.54 Å². The zero-order valence-electron chi connectivity index (χ0n) is 10.4. The highest BCUT2D eigenvalue weighted by Crippen LogP contribution is 2.33. The van der Waals surface area contributed by atoms with Crippen LogP contribution in [0.5, 0.6) is 5.75 Å². The second kappa shape index (κ2) is 6.18. The summed E-state index contributed by atoms with van der Waals surface area (Å²) in [6, 6.07) is 0.258. The first kappa shape index (κ1) is 15.7. The summed E-state index contributed by atoms with van der Waals surface area (Å²) in [5.41, 5.74) is -0.625. The highest BCUT2D eigenvalue weighted by molar-refractivity contribution is 5.32. The number of alkyl halides is 3. The van der Waals surface area contributed by atoms with Crippen LogP contribution in [0, 0.1) is 11.6 Å². The molecular weight excluding hydrogens is 269 g/mol. The first-order valence-corrected chi connectivity index (χ1v) is 5.61. The van der Waals surface area contributed by atoms with E-state index >= 15 is 0 Å². The molecule has 0 aliphatic carbocycles. The van der Waals surface area contributed by atoms with Gasteiger partial charge >= 0.3 is 6.18 Å². The van der Waals surface area contributed by atoms with Crippen LogP contribution in [0.25, 0.3) is 0 Å². The van der Waals surface area contributed by atoms with E-state index in [-0.39, 0.29) is 12.3 Å². The van der Waals surface area contributed by atoms with Gasteiger partial charge in [-0.2, -0.15) is 13.2 Å². The minimum Gasteiger partial charge on any atom is -0.497 e. The monoisotopic (exact) mass is 283 g/mol. The molecule has 0 radical (unpaired) electrons. The van der Waals surface area contributed by atoms with Crippen molar-refractivity contribution in [2.24, 2.45) is 0 Å². The van der Waals surface area contributed by atoms with Gasteiger partial charge < -0.3 is 10.1 Å². The zero-order valence-corrected chi connectivity index (χ0v) is 10.4. The van der Waals surface area contributed by atoms with Crippen molar-refractivity contribution in [3.8, 4) is 5.75 Å². The summed E-state index contributed by atoms with van der Waals surface area (Å²) in [4.78, 5) is 0. The molecule has 0 bridgehead atoms. The van der Waals surface area contributed by atoms with Crippen LogP contribution in [0.15, 0.2) is 12.1 Å². The molecule has 0 heterocycles. The number of halogens is 5. The summed E-state index contributed by atoms with van der Waals surface area (Å²) in [7, 11) is 1.21. The predicted octanol–water partition coefficient (Wildman–Crippen LogP) is 3.58. The van der Waals surface area contributed by atoms with Gasteiger partial charge in [-0.25, -0.2) is 8.78 Å². The number of benzene rings is 1. The maximum atomic E-state index is 13.7. The SMILES string of the molecule is CCNC(CC(F)(F)F)c1c(F)cc(OC)cc1F. The number of methoxy groups -OCH3 is 1. The minimum absolute atomic E-state index is 0.0824. The van der Waals surface area contributed by atoms with Crippen molar-refractivity contribution in [1.29, 1.82) is 0 Å². The average Bonchev–Trinajstić information content (AvgIpc) is 2.26. The molecule has 0 aliphatic rings. The van der Waals surface area contributed by atoms with Gasteiger partial charge in [0.25, 0.3) is 0 Å². The first-order chi connectivity index (χ1) is 8.78. The highest BCUT2D eigenvalue weighted by Gasteiger charge is 2.34. The van der Waals surface area contributed by atoms with Gasteiger partial charge in [0.05, 0.1) is 13.5 Å². The normalized spacial score (nSPS) is 13.4. The zero-order chi connectivity index (χ0) is 14.6. The molecule has 1 aromatic carbocycles. The molecule has 2 nitrogen and oxygen atoms in total. The van der Waals surface area contributed by atoms with Gasteiger partial charge in [-0.3, -0.25) is 0 Å². The molecule has 19 heavy (non-hydrogen) atoms. The van der Waals surface area contributed by atoms with E-state index in [4.69, 9.17) is 0 Å². The van der Waals surface area contributed by atoms with Crippen molar-refractivity contribution >= 4 is 0 Å². The number of hydrogen-bond donors (Lipinski definition) is 1. The lowest BCUT2D eigenvalue weighted by Crippen LogP contribution is -2.28. The quantitative estimate of drug-likeness (QED) is 0.834. The van der Waals surface area contributed by atoms with E-state index in [1.807, 2.05) is 0 Å². The van der Waals surface area contributed by atoms with E-state index in [2.05, 4.69) is 10.1 Å². The van der Waals surface area contributed by atoms with E-state index in [1.165, 1.54) is 7.11 Å². The summed E-state index contributed by atoms with van der Waals surface area (Å²) < 4.78 is 69.3. The summed E-state index contributed by atoms with van der Waals surface area (Å²) in [6.07, 6.45) is -5.87. The lowest BCUT2D eigenvalue weighted by Gasteiger charge is -2.21. The van der Waals surface area contributed by atoms with Gasteiger partial charge in [0.15, 0.2) is 0 Å². The Labute approximate surface area is 107 Å². The lowest BCUT2D eigenvalue weighted by molar-refractivity contribution is -0.140. The van der Waals surface area contributed by atoms with Crippen LogP contribution in [-0.2, 0) is 0 Å². The van der Waals surface area contributed by atoms with E-state index in [9.17, 15) is 22.0 Å². The average molecular weight is 283 g/mol. The van der Waals surface area contributed by atoms with E-state index in [0.29, 0.717) is 0 Å². The molecule has 1 rings (SSSR count). The van der Waals surface area contributed by atoms with Gasteiger partial charge in [0.1, 0.15) is 17.4 Å². The molecule has 108 valence electrons. The predicted molar refractivity (Wildman–Crippen MR) is 60.0 cm³/mol. The number of nitrogens with one attached hydrogen (secondary N) is 1. The van der Waals surface area contributed by atoms with Crippen LogP contribution < -0.4 is 10.1 Å². The van der Waals surface area contributed by atoms with E-state index in [1.54, 1.807) is 6.92 Å². The Morgan fingerprint density at radius 1 is 1.21 bits per heavy atom. The minimum atomic E-state index is -4.52. The van der Waals surface area contributed by atoms with Crippen LogP contribution in [0.3, 0.4) is 0 Å². The van der Waals surface area contributed by atoms with Crippen molar-refractivity contribution in [1.82, 2.24) is 5.32 Å². The summed E-state index contributed by atoms with van der Waals surface area (Å²) in [5.74, 6) is -2.21. The maximum Gasteiger partial charge on any atom is 0.390 e. The fourth-order valence-electron chi connectivity index (χ4n) is 1.77. The topological polar surface area (TPSA) is 21.3 Å². The third-order valence-corrected chi connectivity index (χ3v) is 2.52. The lowest BCUT2D eigenvalue weighted by atomic mass is 10.0. The molecule has 0 aromatic heterocycles. The number of hydrogen-bond acceptors (Lipinski definition) is 2. The molecule has 1 atom stereocenters. The Morgan fingerprint density at radius 3 is 2.11 bits per heavy atom. The van der Waals surface area contributed by atoms with Gasteiger partial charge in [-0.15, -0.1) is 0 Å².